The Morgan fingerprint density at radius 1 is 1.09 bits per heavy atom. The molecule has 1 atom stereocenters. The van der Waals surface area contributed by atoms with Crippen LogP contribution in [0, 0.1) is 20.8 Å². The third-order valence-electron chi connectivity index (χ3n) is 4.57. The summed E-state index contributed by atoms with van der Waals surface area (Å²) in [5.74, 6) is 0. The molecule has 1 N–H and O–H groups in total. The van der Waals surface area contributed by atoms with Gasteiger partial charge in [0.1, 0.15) is 0 Å². The SMILES string of the molecule is Cc1nn(C)c(C)c1C(c1c(C)[nH]c2ccccc12)N(C)C. The standard InChI is InChI=1S/C18H24N4/c1-11-17(14-9-7-8-10-15(14)19-11)18(21(4)5)16-12(2)20-22(6)13(16)3/h7-10,18-19H,1-6H3. The minimum Gasteiger partial charge on any atom is -0.358 e. The summed E-state index contributed by atoms with van der Waals surface area (Å²) in [5, 5.41) is 5.91. The summed E-state index contributed by atoms with van der Waals surface area (Å²) in [6, 6.07) is 8.72. The van der Waals surface area contributed by atoms with Crippen molar-refractivity contribution in [3.63, 3.8) is 0 Å². The van der Waals surface area contributed by atoms with Crippen molar-refractivity contribution < 1.29 is 0 Å². The van der Waals surface area contributed by atoms with E-state index >= 15 is 0 Å². The van der Waals surface area contributed by atoms with Gasteiger partial charge in [0.25, 0.3) is 0 Å². The Labute approximate surface area is 131 Å². The van der Waals surface area contributed by atoms with Gasteiger partial charge in [0, 0.05) is 40.5 Å². The highest BCUT2D eigenvalue weighted by atomic mass is 15.3. The zero-order valence-corrected chi connectivity index (χ0v) is 14.2. The molecule has 2 heterocycles. The zero-order chi connectivity index (χ0) is 16.0. The van der Waals surface area contributed by atoms with Gasteiger partial charge in [-0.1, -0.05) is 18.2 Å². The molecule has 0 aliphatic carbocycles. The molecule has 1 unspecified atom stereocenters. The van der Waals surface area contributed by atoms with Crippen molar-refractivity contribution in [2.75, 3.05) is 14.1 Å². The lowest BCUT2D eigenvalue weighted by Crippen LogP contribution is -2.23. The maximum atomic E-state index is 4.61. The van der Waals surface area contributed by atoms with E-state index in [1.165, 1.54) is 33.4 Å². The number of aromatic nitrogens is 3. The number of aryl methyl sites for hydroxylation is 3. The summed E-state index contributed by atoms with van der Waals surface area (Å²) in [6.45, 7) is 6.41. The molecule has 4 heteroatoms. The molecule has 0 aliphatic rings. The van der Waals surface area contributed by atoms with Gasteiger partial charge in [0.05, 0.1) is 11.7 Å². The number of H-pyrrole nitrogens is 1. The Kier molecular flexibility index (Phi) is 3.57. The fraction of sp³-hybridized carbons (Fsp3) is 0.389. The van der Waals surface area contributed by atoms with E-state index in [9.17, 15) is 0 Å². The summed E-state index contributed by atoms with van der Waals surface area (Å²) in [6.07, 6.45) is 0. The predicted molar refractivity (Wildman–Crippen MR) is 91.2 cm³/mol. The second kappa shape index (κ2) is 5.29. The number of benzene rings is 1. The van der Waals surface area contributed by atoms with Crippen molar-refractivity contribution in [1.82, 2.24) is 19.7 Å². The molecule has 3 aromatic rings. The highest BCUT2D eigenvalue weighted by Gasteiger charge is 2.27. The molecule has 0 saturated carbocycles. The smallest absolute Gasteiger partial charge is 0.0657 e. The predicted octanol–water partition coefficient (Wildman–Crippen LogP) is 3.48. The number of fused-ring (bicyclic) bond motifs is 1. The second-order valence-electron chi connectivity index (χ2n) is 6.28. The summed E-state index contributed by atoms with van der Waals surface area (Å²) in [7, 11) is 6.29. The molecule has 0 aliphatic heterocycles. The number of nitrogens with zero attached hydrogens (tertiary/aromatic N) is 3. The quantitative estimate of drug-likeness (QED) is 0.803. The number of nitrogens with one attached hydrogen (secondary N) is 1. The van der Waals surface area contributed by atoms with Crippen molar-refractivity contribution in [3.05, 3.63) is 52.5 Å². The second-order valence-corrected chi connectivity index (χ2v) is 6.28. The first kappa shape index (κ1) is 14.9. The Morgan fingerprint density at radius 3 is 2.36 bits per heavy atom. The van der Waals surface area contributed by atoms with Crippen molar-refractivity contribution in [2.45, 2.75) is 26.8 Å². The van der Waals surface area contributed by atoms with E-state index in [4.69, 9.17) is 0 Å². The Hall–Kier alpha value is -2.07. The summed E-state index contributed by atoms with van der Waals surface area (Å²) < 4.78 is 1.98. The van der Waals surface area contributed by atoms with Gasteiger partial charge in [-0.15, -0.1) is 0 Å². The topological polar surface area (TPSA) is 36.9 Å². The summed E-state index contributed by atoms with van der Waals surface area (Å²) >= 11 is 0. The lowest BCUT2D eigenvalue weighted by Gasteiger charge is -2.26. The van der Waals surface area contributed by atoms with Gasteiger partial charge in [-0.25, -0.2) is 0 Å². The Balaban J connectivity index is 2.30. The van der Waals surface area contributed by atoms with Crippen LogP contribution < -0.4 is 0 Å². The van der Waals surface area contributed by atoms with Crippen LogP contribution in [0.2, 0.25) is 0 Å². The minimum absolute atomic E-state index is 0.199. The summed E-state index contributed by atoms with van der Waals surface area (Å²) in [5.41, 5.74) is 7.40. The van der Waals surface area contributed by atoms with Gasteiger partial charge in [-0.2, -0.15) is 5.10 Å². The van der Waals surface area contributed by atoms with Gasteiger partial charge in [0.2, 0.25) is 0 Å². The van der Waals surface area contributed by atoms with E-state index in [1.54, 1.807) is 0 Å². The Morgan fingerprint density at radius 2 is 1.77 bits per heavy atom. The van der Waals surface area contributed by atoms with Crippen molar-refractivity contribution in [1.29, 1.82) is 0 Å². The van der Waals surface area contributed by atoms with Crippen molar-refractivity contribution in [3.8, 4) is 0 Å². The maximum absolute atomic E-state index is 4.61. The van der Waals surface area contributed by atoms with Gasteiger partial charge in [-0.05, 0) is 40.9 Å². The van der Waals surface area contributed by atoms with Crippen LogP contribution >= 0.6 is 0 Å². The lowest BCUT2D eigenvalue weighted by atomic mass is 9.93. The Bertz CT molecular complexity index is 823. The molecule has 0 saturated heterocycles. The first-order chi connectivity index (χ1) is 10.4. The molecule has 4 nitrogen and oxygen atoms in total. The van der Waals surface area contributed by atoms with Crippen molar-refractivity contribution >= 4 is 10.9 Å². The number of para-hydroxylation sites is 1. The largest absolute Gasteiger partial charge is 0.358 e. The number of hydrogen-bond donors (Lipinski definition) is 1. The molecule has 0 radical (unpaired) electrons. The molecule has 3 rings (SSSR count). The van der Waals surface area contributed by atoms with E-state index in [-0.39, 0.29) is 6.04 Å². The fourth-order valence-electron chi connectivity index (χ4n) is 3.50. The molecule has 0 amide bonds. The van der Waals surface area contributed by atoms with Crippen LogP contribution in [0.3, 0.4) is 0 Å². The van der Waals surface area contributed by atoms with Crippen LogP contribution in [0.15, 0.2) is 24.3 Å². The molecule has 0 bridgehead atoms. The number of hydrogen-bond acceptors (Lipinski definition) is 2. The molecule has 22 heavy (non-hydrogen) atoms. The van der Waals surface area contributed by atoms with Gasteiger partial charge in [-0.3, -0.25) is 9.58 Å². The van der Waals surface area contributed by atoms with E-state index in [0.29, 0.717) is 0 Å². The van der Waals surface area contributed by atoms with Gasteiger partial charge in [0.15, 0.2) is 0 Å². The van der Waals surface area contributed by atoms with E-state index in [0.717, 1.165) is 5.69 Å². The van der Waals surface area contributed by atoms with Crippen LogP contribution in [0.1, 0.15) is 34.3 Å². The van der Waals surface area contributed by atoms with Crippen LogP contribution in [-0.2, 0) is 7.05 Å². The third kappa shape index (κ3) is 2.15. The van der Waals surface area contributed by atoms with Crippen LogP contribution in [0.4, 0.5) is 0 Å². The van der Waals surface area contributed by atoms with Crippen LogP contribution in [0.25, 0.3) is 10.9 Å². The van der Waals surface area contributed by atoms with Crippen molar-refractivity contribution in [2.24, 2.45) is 7.05 Å². The van der Waals surface area contributed by atoms with E-state index in [1.807, 2.05) is 11.7 Å². The molecule has 0 spiro atoms. The van der Waals surface area contributed by atoms with Crippen LogP contribution in [-0.4, -0.2) is 33.8 Å². The highest BCUT2D eigenvalue weighted by Crippen LogP contribution is 2.37. The molecule has 1 aromatic carbocycles. The monoisotopic (exact) mass is 296 g/mol. The average molecular weight is 296 g/mol. The first-order valence-corrected chi connectivity index (χ1v) is 7.65. The first-order valence-electron chi connectivity index (χ1n) is 7.65. The van der Waals surface area contributed by atoms with E-state index in [2.05, 4.69) is 74.1 Å². The fourth-order valence-corrected chi connectivity index (χ4v) is 3.50. The van der Waals surface area contributed by atoms with E-state index < -0.39 is 0 Å². The molecule has 0 fully saturated rings. The number of rotatable bonds is 3. The minimum atomic E-state index is 0.199. The lowest BCUT2D eigenvalue weighted by molar-refractivity contribution is 0.341. The molecular formula is C18H24N4. The highest BCUT2D eigenvalue weighted by molar-refractivity contribution is 5.85. The third-order valence-corrected chi connectivity index (χ3v) is 4.57. The maximum Gasteiger partial charge on any atom is 0.0657 e. The average Bonchev–Trinajstić information content (AvgIpc) is 2.90. The molecular weight excluding hydrogens is 272 g/mol. The normalized spacial score (nSPS) is 13.2. The van der Waals surface area contributed by atoms with Gasteiger partial charge >= 0.3 is 0 Å². The number of aromatic amines is 1. The molecule has 2 aromatic heterocycles. The van der Waals surface area contributed by atoms with Gasteiger partial charge < -0.3 is 4.98 Å². The zero-order valence-electron chi connectivity index (χ0n) is 14.2. The van der Waals surface area contributed by atoms with Crippen LogP contribution in [0.5, 0.6) is 0 Å². The molecule has 116 valence electrons. The summed E-state index contributed by atoms with van der Waals surface area (Å²) in [4.78, 5) is 5.80.